The van der Waals surface area contributed by atoms with Gasteiger partial charge in [-0.05, 0) is 11.6 Å². The monoisotopic (exact) mass is 253 g/mol. The molecular formula is C11H12FN3OS. The highest BCUT2D eigenvalue weighted by molar-refractivity contribution is 7.98. The van der Waals surface area contributed by atoms with Crippen molar-refractivity contribution in [3.63, 3.8) is 0 Å². The molecule has 0 saturated carbocycles. The molecule has 0 fully saturated rings. The zero-order chi connectivity index (χ0) is 12.3. The number of hydrogen-bond acceptors (Lipinski definition) is 4. The Hall–Kier alpha value is -1.40. The van der Waals surface area contributed by atoms with Crippen LogP contribution in [0.4, 0.5) is 4.39 Å². The van der Waals surface area contributed by atoms with Gasteiger partial charge in [-0.15, -0.1) is 10.2 Å². The summed E-state index contributed by atoms with van der Waals surface area (Å²) < 4.78 is 15.1. The van der Waals surface area contributed by atoms with Crippen LogP contribution in [0.2, 0.25) is 0 Å². The highest BCUT2D eigenvalue weighted by Crippen LogP contribution is 2.22. The lowest BCUT2D eigenvalue weighted by Gasteiger charge is -2.03. The summed E-state index contributed by atoms with van der Waals surface area (Å²) >= 11 is 1.39. The average molecular weight is 253 g/mol. The number of thioether (sulfide) groups is 1. The van der Waals surface area contributed by atoms with Crippen molar-refractivity contribution < 1.29 is 9.50 Å². The lowest BCUT2D eigenvalue weighted by atomic mass is 10.2. The van der Waals surface area contributed by atoms with E-state index in [-0.39, 0.29) is 12.4 Å². The molecule has 0 spiro atoms. The van der Waals surface area contributed by atoms with E-state index in [1.165, 1.54) is 17.8 Å². The number of aliphatic hydroxyl groups is 1. The van der Waals surface area contributed by atoms with Crippen LogP contribution in [0.3, 0.4) is 0 Å². The summed E-state index contributed by atoms with van der Waals surface area (Å²) in [5.74, 6) is 0.773. The molecule has 0 aliphatic heterocycles. The molecular weight excluding hydrogens is 241 g/mol. The molecule has 0 aliphatic carbocycles. The highest BCUT2D eigenvalue weighted by Gasteiger charge is 2.09. The van der Waals surface area contributed by atoms with E-state index in [4.69, 9.17) is 5.11 Å². The molecule has 4 nitrogen and oxygen atoms in total. The fraction of sp³-hybridized carbons (Fsp3) is 0.273. The Balaban J connectivity index is 2.07. The SMILES string of the molecule is Cn1c(CO)nnc1SCc1ccccc1F. The summed E-state index contributed by atoms with van der Waals surface area (Å²) in [5, 5.41) is 17.4. The maximum absolute atomic E-state index is 13.4. The smallest absolute Gasteiger partial charge is 0.191 e. The fourth-order valence-electron chi connectivity index (χ4n) is 1.37. The van der Waals surface area contributed by atoms with Gasteiger partial charge in [-0.25, -0.2) is 4.39 Å². The molecule has 1 aromatic heterocycles. The zero-order valence-electron chi connectivity index (χ0n) is 9.30. The van der Waals surface area contributed by atoms with E-state index >= 15 is 0 Å². The third-order valence-electron chi connectivity index (χ3n) is 2.38. The van der Waals surface area contributed by atoms with Gasteiger partial charge in [-0.2, -0.15) is 0 Å². The number of hydrogen-bond donors (Lipinski definition) is 1. The molecule has 2 rings (SSSR count). The van der Waals surface area contributed by atoms with Crippen molar-refractivity contribution in [2.75, 3.05) is 0 Å². The van der Waals surface area contributed by atoms with E-state index in [1.54, 1.807) is 29.8 Å². The Morgan fingerprint density at radius 2 is 2.12 bits per heavy atom. The highest BCUT2D eigenvalue weighted by atomic mass is 32.2. The van der Waals surface area contributed by atoms with Crippen molar-refractivity contribution in [3.8, 4) is 0 Å². The van der Waals surface area contributed by atoms with Gasteiger partial charge in [0.15, 0.2) is 11.0 Å². The van der Waals surface area contributed by atoms with Gasteiger partial charge in [0.1, 0.15) is 12.4 Å². The minimum Gasteiger partial charge on any atom is -0.388 e. The van der Waals surface area contributed by atoms with Crippen molar-refractivity contribution in [2.24, 2.45) is 7.05 Å². The standard InChI is InChI=1S/C11H12FN3OS/c1-15-10(6-16)13-14-11(15)17-7-8-4-2-3-5-9(8)12/h2-5,16H,6-7H2,1H3. The van der Waals surface area contributed by atoms with E-state index in [1.807, 2.05) is 0 Å². The van der Waals surface area contributed by atoms with Crippen LogP contribution in [0, 0.1) is 5.82 Å². The quantitative estimate of drug-likeness (QED) is 0.843. The third-order valence-corrected chi connectivity index (χ3v) is 3.45. The van der Waals surface area contributed by atoms with Gasteiger partial charge in [0.05, 0.1) is 0 Å². The Morgan fingerprint density at radius 3 is 2.76 bits per heavy atom. The van der Waals surface area contributed by atoms with Crippen LogP contribution in [0.5, 0.6) is 0 Å². The lowest BCUT2D eigenvalue weighted by molar-refractivity contribution is 0.266. The molecule has 1 heterocycles. The zero-order valence-corrected chi connectivity index (χ0v) is 10.1. The van der Waals surface area contributed by atoms with Gasteiger partial charge in [-0.3, -0.25) is 0 Å². The molecule has 0 radical (unpaired) electrons. The number of aliphatic hydroxyl groups excluding tert-OH is 1. The minimum atomic E-state index is -0.218. The van der Waals surface area contributed by atoms with Crippen LogP contribution >= 0.6 is 11.8 Å². The van der Waals surface area contributed by atoms with Gasteiger partial charge in [0.25, 0.3) is 0 Å². The predicted molar refractivity (Wildman–Crippen MR) is 62.9 cm³/mol. The lowest BCUT2D eigenvalue weighted by Crippen LogP contribution is -1.98. The average Bonchev–Trinajstić information content (AvgIpc) is 2.69. The van der Waals surface area contributed by atoms with Gasteiger partial charge >= 0.3 is 0 Å². The van der Waals surface area contributed by atoms with Crippen LogP contribution in [0.25, 0.3) is 0 Å². The summed E-state index contributed by atoms with van der Waals surface area (Å²) in [6.07, 6.45) is 0. The van der Waals surface area contributed by atoms with E-state index < -0.39 is 0 Å². The van der Waals surface area contributed by atoms with Gasteiger partial charge in [0, 0.05) is 12.8 Å². The fourth-order valence-corrected chi connectivity index (χ4v) is 2.28. The van der Waals surface area contributed by atoms with Gasteiger partial charge in [-0.1, -0.05) is 30.0 Å². The van der Waals surface area contributed by atoms with Crippen LogP contribution in [-0.4, -0.2) is 19.9 Å². The Morgan fingerprint density at radius 1 is 1.35 bits per heavy atom. The molecule has 0 atom stereocenters. The van der Waals surface area contributed by atoms with Crippen LogP contribution in [0.1, 0.15) is 11.4 Å². The molecule has 0 amide bonds. The Bertz CT molecular complexity index is 515. The number of halogens is 1. The Labute approximate surface area is 102 Å². The van der Waals surface area contributed by atoms with Gasteiger partial charge < -0.3 is 9.67 Å². The van der Waals surface area contributed by atoms with Crippen molar-refractivity contribution in [1.29, 1.82) is 0 Å². The first-order valence-corrected chi connectivity index (χ1v) is 6.06. The van der Waals surface area contributed by atoms with Crippen LogP contribution in [-0.2, 0) is 19.4 Å². The molecule has 17 heavy (non-hydrogen) atoms. The largest absolute Gasteiger partial charge is 0.388 e. The first-order valence-electron chi connectivity index (χ1n) is 5.07. The van der Waals surface area contributed by atoms with Gasteiger partial charge in [0.2, 0.25) is 0 Å². The summed E-state index contributed by atoms with van der Waals surface area (Å²) in [4.78, 5) is 0. The van der Waals surface area contributed by atoms with Crippen LogP contribution < -0.4 is 0 Å². The first kappa shape index (κ1) is 12.1. The van der Waals surface area contributed by atoms with Crippen LogP contribution in [0.15, 0.2) is 29.4 Å². The first-order chi connectivity index (χ1) is 8.22. The number of aromatic nitrogens is 3. The van der Waals surface area contributed by atoms with E-state index in [0.717, 1.165) is 0 Å². The molecule has 0 saturated heterocycles. The maximum Gasteiger partial charge on any atom is 0.191 e. The summed E-state index contributed by atoms with van der Waals surface area (Å²) in [6.45, 7) is -0.149. The summed E-state index contributed by atoms with van der Waals surface area (Å²) in [6, 6.07) is 6.64. The maximum atomic E-state index is 13.4. The third kappa shape index (κ3) is 2.65. The van der Waals surface area contributed by atoms with Crippen molar-refractivity contribution in [1.82, 2.24) is 14.8 Å². The second kappa shape index (κ2) is 5.29. The molecule has 2 aromatic rings. The van der Waals surface area contributed by atoms with Crippen molar-refractivity contribution in [2.45, 2.75) is 17.5 Å². The number of benzene rings is 1. The van der Waals surface area contributed by atoms with E-state index in [0.29, 0.717) is 22.3 Å². The molecule has 90 valence electrons. The molecule has 1 aromatic carbocycles. The van der Waals surface area contributed by atoms with E-state index in [9.17, 15) is 4.39 Å². The molecule has 6 heteroatoms. The molecule has 0 unspecified atom stereocenters. The molecule has 1 N–H and O–H groups in total. The normalized spacial score (nSPS) is 10.8. The number of rotatable bonds is 4. The second-order valence-electron chi connectivity index (χ2n) is 3.50. The summed E-state index contributed by atoms with van der Waals surface area (Å²) in [5.41, 5.74) is 0.631. The molecule has 0 aliphatic rings. The predicted octanol–water partition coefficient (Wildman–Crippen LogP) is 1.74. The molecule has 0 bridgehead atoms. The minimum absolute atomic E-state index is 0.149. The van der Waals surface area contributed by atoms with Crippen molar-refractivity contribution in [3.05, 3.63) is 41.5 Å². The van der Waals surface area contributed by atoms with E-state index in [2.05, 4.69) is 10.2 Å². The topological polar surface area (TPSA) is 50.9 Å². The van der Waals surface area contributed by atoms with Crippen molar-refractivity contribution >= 4 is 11.8 Å². The Kier molecular flexibility index (Phi) is 3.75. The number of nitrogens with zero attached hydrogens (tertiary/aromatic N) is 3. The second-order valence-corrected chi connectivity index (χ2v) is 4.44. The summed E-state index contributed by atoms with van der Waals surface area (Å²) in [7, 11) is 1.77.